The summed E-state index contributed by atoms with van der Waals surface area (Å²) < 4.78 is 15.5. The highest BCUT2D eigenvalue weighted by molar-refractivity contribution is 5.42. The number of ether oxygens (including phenoxy) is 2. The van der Waals surface area contributed by atoms with Gasteiger partial charge in [-0.15, -0.1) is 0 Å². The number of hydrogen-bond acceptors (Lipinski definition) is 6. The zero-order valence-electron chi connectivity index (χ0n) is 10.3. The normalized spacial score (nSPS) is 10.3. The Balaban J connectivity index is 2.00. The predicted octanol–water partition coefficient (Wildman–Crippen LogP) is 1.38. The fourth-order valence-corrected chi connectivity index (χ4v) is 1.61. The molecule has 2 rings (SSSR count). The second kappa shape index (κ2) is 6.02. The van der Waals surface area contributed by atoms with E-state index >= 15 is 0 Å². The van der Waals surface area contributed by atoms with Crippen LogP contribution >= 0.6 is 0 Å². The number of hydrogen-bond donors (Lipinski definition) is 1. The van der Waals surface area contributed by atoms with Crippen molar-refractivity contribution >= 4 is 0 Å². The summed E-state index contributed by atoms with van der Waals surface area (Å²) >= 11 is 0. The van der Waals surface area contributed by atoms with Crippen LogP contribution in [0.3, 0.4) is 0 Å². The molecule has 2 heterocycles. The second-order valence-corrected chi connectivity index (χ2v) is 3.58. The summed E-state index contributed by atoms with van der Waals surface area (Å²) in [6.45, 7) is 1.14. The maximum Gasteiger partial charge on any atom is 0.183 e. The number of rotatable bonds is 6. The summed E-state index contributed by atoms with van der Waals surface area (Å²) in [5.41, 5.74) is 0.788. The molecule has 1 N–H and O–H groups in total. The van der Waals surface area contributed by atoms with Crippen molar-refractivity contribution in [3.8, 4) is 11.5 Å². The Morgan fingerprint density at radius 1 is 1.17 bits per heavy atom. The van der Waals surface area contributed by atoms with Crippen molar-refractivity contribution in [1.82, 2.24) is 15.5 Å². The van der Waals surface area contributed by atoms with Crippen LogP contribution in [0.15, 0.2) is 29.0 Å². The molecule has 0 aliphatic carbocycles. The third-order valence-electron chi connectivity index (χ3n) is 2.45. The number of nitrogens with one attached hydrogen (secondary N) is 1. The molecule has 0 aliphatic heterocycles. The van der Waals surface area contributed by atoms with Crippen molar-refractivity contribution in [2.24, 2.45) is 0 Å². The van der Waals surface area contributed by atoms with Crippen LogP contribution in [0.4, 0.5) is 0 Å². The first-order chi connectivity index (χ1) is 8.85. The van der Waals surface area contributed by atoms with Gasteiger partial charge in [-0.3, -0.25) is 4.98 Å². The zero-order chi connectivity index (χ0) is 12.8. The molecule has 0 radical (unpaired) electrons. The molecule has 0 bridgehead atoms. The number of aromatic nitrogens is 2. The van der Waals surface area contributed by atoms with Crippen molar-refractivity contribution in [2.45, 2.75) is 13.1 Å². The fraction of sp³-hybridized carbons (Fsp3) is 0.333. The molecule has 0 spiro atoms. The summed E-state index contributed by atoms with van der Waals surface area (Å²) in [5, 5.41) is 6.83. The lowest BCUT2D eigenvalue weighted by molar-refractivity contribution is 0.346. The lowest BCUT2D eigenvalue weighted by Gasteiger charge is -2.11. The van der Waals surface area contributed by atoms with Crippen molar-refractivity contribution in [3.63, 3.8) is 0 Å². The molecule has 18 heavy (non-hydrogen) atoms. The number of nitrogens with zero attached hydrogens (tertiary/aromatic N) is 2. The lowest BCUT2D eigenvalue weighted by atomic mass is 10.3. The number of pyridine rings is 1. The third kappa shape index (κ3) is 2.78. The summed E-state index contributed by atoms with van der Waals surface area (Å²) in [5.74, 6) is 2.09. The van der Waals surface area contributed by atoms with Gasteiger partial charge in [0.2, 0.25) is 0 Å². The Kier molecular flexibility index (Phi) is 4.14. The van der Waals surface area contributed by atoms with E-state index in [1.54, 1.807) is 32.7 Å². The zero-order valence-corrected chi connectivity index (χ0v) is 10.3. The number of methoxy groups -OCH3 is 2. The topological polar surface area (TPSA) is 69.4 Å². The SMILES string of the molecule is COc1ccnc(CNCc2ccno2)c1OC. The van der Waals surface area contributed by atoms with Gasteiger partial charge in [0, 0.05) is 24.9 Å². The average Bonchev–Trinajstić information content (AvgIpc) is 2.91. The molecular weight excluding hydrogens is 234 g/mol. The van der Waals surface area contributed by atoms with Crippen LogP contribution in [-0.2, 0) is 13.1 Å². The Morgan fingerprint density at radius 3 is 2.72 bits per heavy atom. The maximum atomic E-state index is 5.29. The summed E-state index contributed by atoms with van der Waals surface area (Å²) in [4.78, 5) is 4.26. The van der Waals surface area contributed by atoms with Gasteiger partial charge in [-0.2, -0.15) is 0 Å². The molecule has 96 valence electrons. The predicted molar refractivity (Wildman–Crippen MR) is 64.4 cm³/mol. The van der Waals surface area contributed by atoms with E-state index in [1.165, 1.54) is 0 Å². The quantitative estimate of drug-likeness (QED) is 0.834. The minimum Gasteiger partial charge on any atom is -0.493 e. The van der Waals surface area contributed by atoms with Gasteiger partial charge in [0.05, 0.1) is 32.7 Å². The standard InChI is InChI=1S/C12H15N3O3/c1-16-11-4-5-14-10(12(11)17-2)8-13-7-9-3-6-15-18-9/h3-6,13H,7-8H2,1-2H3. The molecule has 0 aliphatic rings. The van der Waals surface area contributed by atoms with Gasteiger partial charge in [0.1, 0.15) is 5.76 Å². The monoisotopic (exact) mass is 249 g/mol. The van der Waals surface area contributed by atoms with Gasteiger partial charge in [0.15, 0.2) is 11.5 Å². The van der Waals surface area contributed by atoms with E-state index in [4.69, 9.17) is 14.0 Å². The highest BCUT2D eigenvalue weighted by Gasteiger charge is 2.10. The van der Waals surface area contributed by atoms with E-state index in [0.29, 0.717) is 24.6 Å². The first kappa shape index (κ1) is 12.4. The van der Waals surface area contributed by atoms with Crippen molar-refractivity contribution < 1.29 is 14.0 Å². The molecule has 0 fully saturated rings. The smallest absolute Gasteiger partial charge is 0.183 e. The van der Waals surface area contributed by atoms with Crippen LogP contribution in [-0.4, -0.2) is 24.4 Å². The van der Waals surface area contributed by atoms with Gasteiger partial charge in [0.25, 0.3) is 0 Å². The Hall–Kier alpha value is -2.08. The summed E-state index contributed by atoms with van der Waals surface area (Å²) in [6.07, 6.45) is 3.30. The van der Waals surface area contributed by atoms with E-state index in [1.807, 2.05) is 6.07 Å². The fourth-order valence-electron chi connectivity index (χ4n) is 1.61. The van der Waals surface area contributed by atoms with Crippen LogP contribution in [0.5, 0.6) is 11.5 Å². The molecule has 0 saturated carbocycles. The molecule has 0 unspecified atom stereocenters. The van der Waals surface area contributed by atoms with Crippen molar-refractivity contribution in [3.05, 3.63) is 36.0 Å². The van der Waals surface area contributed by atoms with Crippen molar-refractivity contribution in [2.75, 3.05) is 14.2 Å². The second-order valence-electron chi connectivity index (χ2n) is 3.58. The van der Waals surface area contributed by atoms with E-state index in [9.17, 15) is 0 Å². The van der Waals surface area contributed by atoms with E-state index in [-0.39, 0.29) is 0 Å². The van der Waals surface area contributed by atoms with Crippen LogP contribution in [0, 0.1) is 0 Å². The van der Waals surface area contributed by atoms with E-state index in [0.717, 1.165) is 11.5 Å². The minimum absolute atomic E-state index is 0.557. The van der Waals surface area contributed by atoms with E-state index < -0.39 is 0 Å². The first-order valence-electron chi connectivity index (χ1n) is 5.51. The first-order valence-corrected chi connectivity index (χ1v) is 5.51. The largest absolute Gasteiger partial charge is 0.493 e. The van der Waals surface area contributed by atoms with E-state index in [2.05, 4.69) is 15.5 Å². The minimum atomic E-state index is 0.557. The molecule has 6 heteroatoms. The average molecular weight is 249 g/mol. The Bertz CT molecular complexity index is 485. The molecule has 0 atom stereocenters. The maximum absolute atomic E-state index is 5.29. The third-order valence-corrected chi connectivity index (χ3v) is 2.45. The Labute approximate surface area is 105 Å². The van der Waals surface area contributed by atoms with Crippen LogP contribution < -0.4 is 14.8 Å². The molecule has 0 aromatic carbocycles. The van der Waals surface area contributed by atoms with Crippen LogP contribution in [0.1, 0.15) is 11.5 Å². The molecule has 0 amide bonds. The highest BCUT2D eigenvalue weighted by Crippen LogP contribution is 2.28. The Morgan fingerprint density at radius 2 is 2.06 bits per heavy atom. The lowest BCUT2D eigenvalue weighted by Crippen LogP contribution is -2.14. The van der Waals surface area contributed by atoms with Gasteiger partial charge in [-0.05, 0) is 0 Å². The molecule has 6 nitrogen and oxygen atoms in total. The summed E-state index contributed by atoms with van der Waals surface area (Å²) in [7, 11) is 3.20. The van der Waals surface area contributed by atoms with Gasteiger partial charge >= 0.3 is 0 Å². The highest BCUT2D eigenvalue weighted by atomic mass is 16.5. The summed E-state index contributed by atoms with van der Waals surface area (Å²) in [6, 6.07) is 3.57. The molecule has 2 aromatic rings. The molecule has 0 saturated heterocycles. The van der Waals surface area contributed by atoms with Gasteiger partial charge in [-0.1, -0.05) is 5.16 Å². The molecular formula is C12H15N3O3. The van der Waals surface area contributed by atoms with Crippen LogP contribution in [0.25, 0.3) is 0 Å². The van der Waals surface area contributed by atoms with Crippen molar-refractivity contribution in [1.29, 1.82) is 0 Å². The molecule has 2 aromatic heterocycles. The van der Waals surface area contributed by atoms with Crippen LogP contribution in [0.2, 0.25) is 0 Å². The van der Waals surface area contributed by atoms with Gasteiger partial charge < -0.3 is 19.3 Å². The van der Waals surface area contributed by atoms with Gasteiger partial charge in [-0.25, -0.2) is 0 Å².